The average molecular weight is 254 g/mol. The normalized spacial score (nSPS) is 23.8. The Labute approximate surface area is 106 Å². The van der Waals surface area contributed by atoms with Crippen LogP contribution in [-0.2, 0) is 20.8 Å². The molecule has 100 valence electrons. The summed E-state index contributed by atoms with van der Waals surface area (Å²) in [6.45, 7) is 3.59. The zero-order valence-electron chi connectivity index (χ0n) is 10.6. The Morgan fingerprint density at radius 2 is 1.94 bits per heavy atom. The van der Waals surface area contributed by atoms with Gasteiger partial charge < -0.3 is 18.6 Å². The van der Waals surface area contributed by atoms with Gasteiger partial charge in [-0.05, 0) is 12.8 Å². The molecule has 0 radical (unpaired) electrons. The minimum atomic E-state index is -0.319. The van der Waals surface area contributed by atoms with Gasteiger partial charge in [0.25, 0.3) is 0 Å². The zero-order valence-corrected chi connectivity index (χ0v) is 10.6. The Bertz CT molecular complexity index is 391. The van der Waals surface area contributed by atoms with Gasteiger partial charge in [-0.25, -0.2) is 0 Å². The van der Waals surface area contributed by atoms with E-state index in [1.807, 2.05) is 0 Å². The van der Waals surface area contributed by atoms with Crippen molar-refractivity contribution in [3.8, 4) is 0 Å². The first kappa shape index (κ1) is 12.1. The number of aryl methyl sites for hydroxylation is 1. The van der Waals surface area contributed by atoms with Crippen molar-refractivity contribution < 1.29 is 18.6 Å². The number of hydrogen-bond acceptors (Lipinski definition) is 6. The molecule has 0 amide bonds. The Hall–Kier alpha value is -0.980. The molecule has 0 atom stereocenters. The molecule has 0 N–H and O–H groups in total. The predicted octanol–water partition coefficient (Wildman–Crippen LogP) is 1.58. The van der Waals surface area contributed by atoms with Gasteiger partial charge in [0.1, 0.15) is 6.61 Å². The maximum atomic E-state index is 5.78. The summed E-state index contributed by atoms with van der Waals surface area (Å²) in [6, 6.07) is 0. The van der Waals surface area contributed by atoms with Crippen LogP contribution in [0.1, 0.15) is 37.5 Å². The third-order valence-corrected chi connectivity index (χ3v) is 3.52. The Kier molecular flexibility index (Phi) is 3.32. The molecule has 3 rings (SSSR count). The van der Waals surface area contributed by atoms with Crippen LogP contribution < -0.4 is 0 Å². The highest BCUT2D eigenvalue weighted by molar-refractivity contribution is 4.83. The molecule has 0 unspecified atom stereocenters. The summed E-state index contributed by atoms with van der Waals surface area (Å²) >= 11 is 0. The lowest BCUT2D eigenvalue weighted by Gasteiger charge is -2.34. The van der Waals surface area contributed by atoms with Gasteiger partial charge in [0, 0.05) is 19.8 Å². The van der Waals surface area contributed by atoms with E-state index in [4.69, 9.17) is 18.6 Å². The zero-order chi connectivity index (χ0) is 12.4. The summed E-state index contributed by atoms with van der Waals surface area (Å²) in [5.74, 6) is 0.797. The molecule has 6 nitrogen and oxygen atoms in total. The summed E-state index contributed by atoms with van der Waals surface area (Å²) in [7, 11) is 0. The molecule has 1 aromatic heterocycles. The van der Waals surface area contributed by atoms with E-state index in [1.54, 1.807) is 6.92 Å². The fraction of sp³-hybridized carbons (Fsp3) is 0.833. The van der Waals surface area contributed by atoms with E-state index < -0.39 is 0 Å². The van der Waals surface area contributed by atoms with E-state index in [0.717, 1.165) is 25.7 Å². The molecule has 2 fully saturated rings. The van der Waals surface area contributed by atoms with Crippen molar-refractivity contribution in [2.45, 2.75) is 51.1 Å². The highest BCUT2D eigenvalue weighted by Gasteiger charge is 2.40. The summed E-state index contributed by atoms with van der Waals surface area (Å²) in [6.07, 6.45) is 3.94. The number of ether oxygens (including phenoxy) is 3. The third-order valence-electron chi connectivity index (χ3n) is 3.52. The summed E-state index contributed by atoms with van der Waals surface area (Å²) in [4.78, 5) is 0. The molecule has 1 saturated carbocycles. The van der Waals surface area contributed by atoms with Crippen LogP contribution in [0.5, 0.6) is 0 Å². The van der Waals surface area contributed by atoms with Crippen molar-refractivity contribution in [1.82, 2.24) is 10.2 Å². The molecule has 6 heteroatoms. The van der Waals surface area contributed by atoms with Crippen LogP contribution in [0.25, 0.3) is 0 Å². The maximum absolute atomic E-state index is 5.78. The van der Waals surface area contributed by atoms with Crippen LogP contribution in [0, 0.1) is 6.92 Å². The first-order chi connectivity index (χ1) is 8.76. The number of aromatic nitrogens is 2. The lowest BCUT2D eigenvalue weighted by molar-refractivity contribution is -0.193. The second-order valence-electron chi connectivity index (χ2n) is 4.83. The molecule has 0 bridgehead atoms. The number of nitrogens with zero attached hydrogens (tertiary/aromatic N) is 2. The lowest BCUT2D eigenvalue weighted by atomic mass is 9.92. The van der Waals surface area contributed by atoms with E-state index in [0.29, 0.717) is 31.6 Å². The molecule has 1 saturated heterocycles. The van der Waals surface area contributed by atoms with Crippen LogP contribution in [0.3, 0.4) is 0 Å². The monoisotopic (exact) mass is 254 g/mol. The molecular weight excluding hydrogens is 236 g/mol. The maximum Gasteiger partial charge on any atom is 0.242 e. The molecule has 1 spiro atoms. The van der Waals surface area contributed by atoms with E-state index in [9.17, 15) is 0 Å². The number of rotatable bonds is 3. The summed E-state index contributed by atoms with van der Waals surface area (Å²) in [5, 5.41) is 7.68. The summed E-state index contributed by atoms with van der Waals surface area (Å²) < 4.78 is 22.4. The second kappa shape index (κ2) is 4.95. The average Bonchev–Trinajstić information content (AvgIpc) is 2.99. The van der Waals surface area contributed by atoms with Gasteiger partial charge in [0.05, 0.1) is 19.3 Å². The van der Waals surface area contributed by atoms with Crippen LogP contribution in [0.4, 0.5) is 0 Å². The van der Waals surface area contributed by atoms with Gasteiger partial charge in [0.15, 0.2) is 5.79 Å². The van der Waals surface area contributed by atoms with Gasteiger partial charge in [-0.2, -0.15) is 0 Å². The largest absolute Gasteiger partial charge is 0.423 e. The molecule has 2 aliphatic rings. The Balaban J connectivity index is 1.45. The van der Waals surface area contributed by atoms with Gasteiger partial charge in [-0.15, -0.1) is 10.2 Å². The first-order valence-electron chi connectivity index (χ1n) is 6.44. The summed E-state index contributed by atoms with van der Waals surface area (Å²) in [5.41, 5.74) is 0. The van der Waals surface area contributed by atoms with Crippen molar-refractivity contribution in [2.24, 2.45) is 0 Å². The smallest absolute Gasteiger partial charge is 0.242 e. The van der Waals surface area contributed by atoms with Crippen molar-refractivity contribution in [1.29, 1.82) is 0 Å². The van der Waals surface area contributed by atoms with E-state index in [2.05, 4.69) is 10.2 Å². The first-order valence-corrected chi connectivity index (χ1v) is 6.44. The van der Waals surface area contributed by atoms with Gasteiger partial charge in [0.2, 0.25) is 11.8 Å². The van der Waals surface area contributed by atoms with E-state index in [-0.39, 0.29) is 11.9 Å². The van der Waals surface area contributed by atoms with Crippen molar-refractivity contribution >= 4 is 0 Å². The standard InChI is InChI=1S/C12H18N2O4/c1-9-13-14-11(18-9)8-15-10-2-4-12(5-3-10)16-6-7-17-12/h10H,2-8H2,1H3. The van der Waals surface area contributed by atoms with Crippen LogP contribution in [0.15, 0.2) is 4.42 Å². The lowest BCUT2D eigenvalue weighted by Crippen LogP contribution is -2.37. The quantitative estimate of drug-likeness (QED) is 0.815. The molecule has 0 aromatic carbocycles. The van der Waals surface area contributed by atoms with Crippen molar-refractivity contribution in [3.63, 3.8) is 0 Å². The van der Waals surface area contributed by atoms with Crippen LogP contribution >= 0.6 is 0 Å². The van der Waals surface area contributed by atoms with Crippen LogP contribution in [-0.4, -0.2) is 35.3 Å². The molecule has 1 aliphatic carbocycles. The fourth-order valence-electron chi connectivity index (χ4n) is 2.57. The highest BCUT2D eigenvalue weighted by Crippen LogP contribution is 2.36. The van der Waals surface area contributed by atoms with Gasteiger partial charge in [-0.1, -0.05) is 0 Å². The Morgan fingerprint density at radius 1 is 1.22 bits per heavy atom. The highest BCUT2D eigenvalue weighted by atomic mass is 16.7. The van der Waals surface area contributed by atoms with Crippen molar-refractivity contribution in [3.05, 3.63) is 11.8 Å². The predicted molar refractivity (Wildman–Crippen MR) is 60.7 cm³/mol. The Morgan fingerprint density at radius 3 is 2.56 bits per heavy atom. The minimum absolute atomic E-state index is 0.232. The van der Waals surface area contributed by atoms with Crippen LogP contribution in [0.2, 0.25) is 0 Å². The van der Waals surface area contributed by atoms with Gasteiger partial charge in [-0.3, -0.25) is 0 Å². The topological polar surface area (TPSA) is 66.6 Å². The molecule has 2 heterocycles. The fourth-order valence-corrected chi connectivity index (χ4v) is 2.57. The molecule has 18 heavy (non-hydrogen) atoms. The third kappa shape index (κ3) is 2.55. The molecule has 1 aliphatic heterocycles. The van der Waals surface area contributed by atoms with Crippen molar-refractivity contribution in [2.75, 3.05) is 13.2 Å². The van der Waals surface area contributed by atoms with Gasteiger partial charge >= 0.3 is 0 Å². The second-order valence-corrected chi connectivity index (χ2v) is 4.83. The number of hydrogen-bond donors (Lipinski definition) is 0. The molecule has 1 aromatic rings. The van der Waals surface area contributed by atoms with E-state index >= 15 is 0 Å². The molecular formula is C12H18N2O4. The van der Waals surface area contributed by atoms with E-state index in [1.165, 1.54) is 0 Å². The minimum Gasteiger partial charge on any atom is -0.423 e. The SMILES string of the molecule is Cc1nnc(COC2CCC3(CC2)OCCO3)o1.